The van der Waals surface area contributed by atoms with E-state index in [1.807, 2.05) is 60.7 Å². The van der Waals surface area contributed by atoms with Gasteiger partial charge in [0.05, 0.1) is 19.0 Å². The lowest BCUT2D eigenvalue weighted by Crippen LogP contribution is -2.28. The Balaban J connectivity index is 1.39. The molecule has 0 fully saturated rings. The van der Waals surface area contributed by atoms with Gasteiger partial charge in [-0.05, 0) is 35.4 Å². The third-order valence-electron chi connectivity index (χ3n) is 4.42. The van der Waals surface area contributed by atoms with Gasteiger partial charge in [0.15, 0.2) is 11.5 Å². The van der Waals surface area contributed by atoms with E-state index in [4.69, 9.17) is 4.74 Å². The number of rotatable bonds is 6. The van der Waals surface area contributed by atoms with E-state index in [1.165, 1.54) is 0 Å². The molecule has 0 radical (unpaired) electrons. The van der Waals surface area contributed by atoms with Gasteiger partial charge >= 0.3 is 6.03 Å². The summed E-state index contributed by atoms with van der Waals surface area (Å²) >= 11 is 0. The summed E-state index contributed by atoms with van der Waals surface area (Å²) < 4.78 is 6.87. The van der Waals surface area contributed by atoms with Crippen molar-refractivity contribution in [3.05, 3.63) is 89.9 Å². The Kier molecular flexibility index (Phi) is 5.38. The Morgan fingerprint density at radius 2 is 1.86 bits per heavy atom. The molecule has 0 saturated heterocycles. The maximum atomic E-state index is 12.2. The molecule has 0 unspecified atom stereocenters. The summed E-state index contributed by atoms with van der Waals surface area (Å²) in [6, 6.07) is 21.0. The number of pyridine rings is 1. The third-order valence-corrected chi connectivity index (χ3v) is 4.42. The van der Waals surface area contributed by atoms with Crippen LogP contribution in [0.25, 0.3) is 5.65 Å². The second kappa shape index (κ2) is 8.43. The topological polar surface area (TPSA) is 80.5 Å². The van der Waals surface area contributed by atoms with Crippen molar-refractivity contribution in [1.82, 2.24) is 19.9 Å². The van der Waals surface area contributed by atoms with Crippen molar-refractivity contribution in [2.45, 2.75) is 13.0 Å². The number of nitrogens with one attached hydrogen (secondary N) is 2. The molecule has 0 spiro atoms. The van der Waals surface area contributed by atoms with Crippen LogP contribution in [0, 0.1) is 0 Å². The molecule has 2 heterocycles. The van der Waals surface area contributed by atoms with E-state index in [-0.39, 0.29) is 6.03 Å². The summed E-state index contributed by atoms with van der Waals surface area (Å²) in [5, 5.41) is 10.2. The van der Waals surface area contributed by atoms with E-state index in [0.717, 1.165) is 28.3 Å². The predicted molar refractivity (Wildman–Crippen MR) is 111 cm³/mol. The van der Waals surface area contributed by atoms with Crippen LogP contribution >= 0.6 is 0 Å². The summed E-state index contributed by atoms with van der Waals surface area (Å²) in [4.78, 5) is 16.8. The number of methoxy groups -OCH3 is 1. The van der Waals surface area contributed by atoms with Crippen molar-refractivity contribution in [2.24, 2.45) is 0 Å². The summed E-state index contributed by atoms with van der Waals surface area (Å²) in [5.74, 6) is 1.49. The molecule has 2 amide bonds. The highest BCUT2D eigenvalue weighted by molar-refractivity contribution is 5.89. The van der Waals surface area contributed by atoms with Crippen molar-refractivity contribution in [3.8, 4) is 5.75 Å². The lowest BCUT2D eigenvalue weighted by molar-refractivity contribution is 0.251. The Morgan fingerprint density at radius 1 is 1.03 bits per heavy atom. The van der Waals surface area contributed by atoms with Crippen LogP contribution in [0.2, 0.25) is 0 Å². The zero-order valence-corrected chi connectivity index (χ0v) is 16.0. The molecule has 0 atom stereocenters. The van der Waals surface area contributed by atoms with Crippen LogP contribution in [0.15, 0.2) is 72.9 Å². The molecule has 0 aliphatic rings. The average Bonchev–Trinajstić information content (AvgIpc) is 3.14. The Bertz CT molecular complexity index is 1120. The molecule has 7 heteroatoms. The van der Waals surface area contributed by atoms with E-state index in [1.54, 1.807) is 23.9 Å². The van der Waals surface area contributed by atoms with Crippen molar-refractivity contribution in [3.63, 3.8) is 0 Å². The SMILES string of the molecule is COc1cccc(CNC(=O)Nc2ccc3nc(Cc4ccccc4)nn3c2)c1. The Morgan fingerprint density at radius 3 is 2.69 bits per heavy atom. The van der Waals surface area contributed by atoms with Crippen LogP contribution in [0.1, 0.15) is 17.0 Å². The first-order chi connectivity index (χ1) is 14.2. The summed E-state index contributed by atoms with van der Waals surface area (Å²) in [6.45, 7) is 0.399. The van der Waals surface area contributed by atoms with Crippen LogP contribution in [0.4, 0.5) is 10.5 Å². The quantitative estimate of drug-likeness (QED) is 0.529. The molecule has 146 valence electrons. The van der Waals surface area contributed by atoms with Gasteiger partial charge in [0.2, 0.25) is 0 Å². The highest BCUT2D eigenvalue weighted by atomic mass is 16.5. The predicted octanol–water partition coefficient (Wildman–Crippen LogP) is 3.65. The van der Waals surface area contributed by atoms with E-state index >= 15 is 0 Å². The Hall–Kier alpha value is -3.87. The molecule has 0 saturated carbocycles. The number of anilines is 1. The van der Waals surface area contributed by atoms with Gasteiger partial charge in [-0.3, -0.25) is 0 Å². The zero-order valence-electron chi connectivity index (χ0n) is 16.0. The number of ether oxygens (including phenoxy) is 1. The minimum absolute atomic E-state index is 0.295. The highest BCUT2D eigenvalue weighted by Crippen LogP contribution is 2.13. The number of fused-ring (bicyclic) bond motifs is 1. The monoisotopic (exact) mass is 387 g/mol. The first-order valence-corrected chi connectivity index (χ1v) is 9.26. The van der Waals surface area contributed by atoms with E-state index in [9.17, 15) is 4.79 Å². The van der Waals surface area contributed by atoms with Crippen LogP contribution < -0.4 is 15.4 Å². The van der Waals surface area contributed by atoms with Gasteiger partial charge in [-0.2, -0.15) is 5.10 Å². The molecular formula is C22H21N5O2. The van der Waals surface area contributed by atoms with Crippen LogP contribution in [-0.4, -0.2) is 27.7 Å². The third kappa shape index (κ3) is 4.70. The van der Waals surface area contributed by atoms with Gasteiger partial charge in [0, 0.05) is 13.0 Å². The number of carbonyl (C=O) groups excluding carboxylic acids is 1. The molecule has 4 aromatic rings. The average molecular weight is 387 g/mol. The van der Waals surface area contributed by atoms with Crippen LogP contribution in [0.5, 0.6) is 5.75 Å². The van der Waals surface area contributed by atoms with Crippen LogP contribution in [-0.2, 0) is 13.0 Å². The fourth-order valence-corrected chi connectivity index (χ4v) is 3.00. The Labute approximate surface area is 168 Å². The number of amides is 2. The van der Waals surface area contributed by atoms with E-state index < -0.39 is 0 Å². The smallest absolute Gasteiger partial charge is 0.319 e. The van der Waals surface area contributed by atoms with Crippen LogP contribution in [0.3, 0.4) is 0 Å². The molecule has 29 heavy (non-hydrogen) atoms. The molecule has 2 N–H and O–H groups in total. The maximum Gasteiger partial charge on any atom is 0.319 e. The number of hydrogen-bond acceptors (Lipinski definition) is 4. The van der Waals surface area contributed by atoms with Crippen molar-refractivity contribution >= 4 is 17.4 Å². The highest BCUT2D eigenvalue weighted by Gasteiger charge is 2.07. The number of urea groups is 1. The molecule has 0 aliphatic carbocycles. The minimum Gasteiger partial charge on any atom is -0.497 e. The molecule has 0 bridgehead atoms. The summed E-state index contributed by atoms with van der Waals surface area (Å²) in [7, 11) is 1.62. The number of nitrogens with zero attached hydrogens (tertiary/aromatic N) is 3. The molecule has 2 aromatic heterocycles. The number of hydrogen-bond donors (Lipinski definition) is 2. The molecule has 7 nitrogen and oxygen atoms in total. The first kappa shape index (κ1) is 18.5. The van der Waals surface area contributed by atoms with Gasteiger partial charge in [0.1, 0.15) is 5.75 Å². The number of benzene rings is 2. The fourth-order valence-electron chi connectivity index (χ4n) is 3.00. The van der Waals surface area contributed by atoms with E-state index in [0.29, 0.717) is 18.7 Å². The lowest BCUT2D eigenvalue weighted by atomic mass is 10.1. The lowest BCUT2D eigenvalue weighted by Gasteiger charge is -2.08. The maximum absolute atomic E-state index is 12.2. The first-order valence-electron chi connectivity index (χ1n) is 9.26. The van der Waals surface area contributed by atoms with Gasteiger partial charge < -0.3 is 15.4 Å². The van der Waals surface area contributed by atoms with Crippen molar-refractivity contribution in [2.75, 3.05) is 12.4 Å². The number of aromatic nitrogens is 3. The standard InChI is InChI=1S/C22H21N5O2/c1-29-19-9-5-8-17(12-19)14-23-22(28)24-18-10-11-21-25-20(26-27(21)15-18)13-16-6-3-2-4-7-16/h2-12,15H,13-14H2,1H3,(H2,23,24,28). The van der Waals surface area contributed by atoms with Crippen molar-refractivity contribution in [1.29, 1.82) is 0 Å². The fraction of sp³-hybridized carbons (Fsp3) is 0.136. The van der Waals surface area contributed by atoms with Gasteiger partial charge in [-0.25, -0.2) is 14.3 Å². The van der Waals surface area contributed by atoms with Crippen molar-refractivity contribution < 1.29 is 9.53 Å². The largest absolute Gasteiger partial charge is 0.497 e. The summed E-state index contributed by atoms with van der Waals surface area (Å²) in [6.07, 6.45) is 2.41. The second-order valence-electron chi connectivity index (χ2n) is 6.57. The molecule has 0 aliphatic heterocycles. The summed E-state index contributed by atoms with van der Waals surface area (Å²) in [5.41, 5.74) is 3.48. The second-order valence-corrected chi connectivity index (χ2v) is 6.57. The molecular weight excluding hydrogens is 366 g/mol. The van der Waals surface area contributed by atoms with Gasteiger partial charge in [0.25, 0.3) is 0 Å². The normalized spacial score (nSPS) is 10.7. The number of carbonyl (C=O) groups is 1. The van der Waals surface area contributed by atoms with Gasteiger partial charge in [-0.1, -0.05) is 42.5 Å². The zero-order chi connectivity index (χ0) is 20.1. The molecule has 4 rings (SSSR count). The molecule has 2 aromatic carbocycles. The van der Waals surface area contributed by atoms with E-state index in [2.05, 4.69) is 20.7 Å². The minimum atomic E-state index is -0.295. The van der Waals surface area contributed by atoms with Gasteiger partial charge in [-0.15, -0.1) is 0 Å².